The van der Waals surface area contributed by atoms with Gasteiger partial charge in [0.2, 0.25) is 0 Å². The minimum atomic E-state index is -4.49. The smallest absolute Gasteiger partial charge is 0.408 e. The molecule has 0 fully saturated rings. The van der Waals surface area contributed by atoms with E-state index in [0.29, 0.717) is 16.9 Å². The molecule has 0 aliphatic rings. The van der Waals surface area contributed by atoms with E-state index in [1.165, 1.54) is 24.3 Å². The third-order valence-electron chi connectivity index (χ3n) is 5.73. The van der Waals surface area contributed by atoms with Crippen molar-refractivity contribution >= 4 is 17.7 Å². The van der Waals surface area contributed by atoms with E-state index in [4.69, 9.17) is 14.6 Å². The number of carbonyl (C=O) groups is 2. The average molecular weight is 577 g/mol. The first-order valence-electron chi connectivity index (χ1n) is 12.8. The normalized spacial score (nSPS) is 12.4. The molecule has 1 amide bonds. The van der Waals surface area contributed by atoms with Gasteiger partial charge >= 0.3 is 18.2 Å². The van der Waals surface area contributed by atoms with Crippen molar-refractivity contribution in [3.05, 3.63) is 83.2 Å². The summed E-state index contributed by atoms with van der Waals surface area (Å²) in [7, 11) is 0. The summed E-state index contributed by atoms with van der Waals surface area (Å²) in [5.41, 5.74) is 0.714. The van der Waals surface area contributed by atoms with Crippen LogP contribution in [0.4, 0.5) is 28.0 Å². The molecule has 0 aromatic heterocycles. The Labute approximate surface area is 235 Å². The monoisotopic (exact) mass is 576 g/mol. The van der Waals surface area contributed by atoms with Crippen LogP contribution in [0.5, 0.6) is 5.75 Å². The lowest BCUT2D eigenvalue weighted by atomic mass is 9.97. The predicted molar refractivity (Wildman–Crippen MR) is 146 cm³/mol. The number of alkyl carbamates (subject to hydrolysis) is 1. The van der Waals surface area contributed by atoms with Crippen molar-refractivity contribution in [2.24, 2.45) is 0 Å². The summed E-state index contributed by atoms with van der Waals surface area (Å²) in [5.74, 6) is -1.41. The minimum absolute atomic E-state index is 0.0852. The molecule has 3 rings (SSSR count). The fraction of sp³-hybridized carbons (Fsp3) is 0.333. The number of benzene rings is 3. The van der Waals surface area contributed by atoms with Gasteiger partial charge in [-0.25, -0.2) is 9.18 Å². The molecule has 11 heteroatoms. The highest BCUT2D eigenvalue weighted by Gasteiger charge is 2.27. The number of nitrogens with one attached hydrogen (secondary N) is 2. The van der Waals surface area contributed by atoms with Crippen LogP contribution in [-0.2, 0) is 22.6 Å². The maximum atomic E-state index is 15.8. The zero-order valence-electron chi connectivity index (χ0n) is 23.1. The van der Waals surface area contributed by atoms with E-state index in [0.717, 1.165) is 0 Å². The highest BCUT2D eigenvalue weighted by molar-refractivity contribution is 5.72. The number of carboxylic acids is 1. The average Bonchev–Trinajstić information content (AvgIpc) is 2.85. The molecule has 3 N–H and O–H groups in total. The Morgan fingerprint density at radius 1 is 1.00 bits per heavy atom. The molecule has 0 aliphatic carbocycles. The molecule has 0 saturated heterocycles. The largest absolute Gasteiger partial charge is 0.489 e. The van der Waals surface area contributed by atoms with Crippen LogP contribution in [0, 0.1) is 5.82 Å². The van der Waals surface area contributed by atoms with Crippen molar-refractivity contribution in [2.45, 2.75) is 58.5 Å². The Kier molecular flexibility index (Phi) is 9.85. The Balaban J connectivity index is 1.94. The Hall–Kier alpha value is -4.28. The summed E-state index contributed by atoms with van der Waals surface area (Å²) in [4.78, 5) is 23.4. The lowest BCUT2D eigenvalue weighted by molar-refractivity contribution is -0.136. The number of amides is 1. The summed E-state index contributed by atoms with van der Waals surface area (Å²) >= 11 is 0. The topological polar surface area (TPSA) is 96.9 Å². The number of anilines is 1. The SMILES string of the molecule is CC(NC(=O)OC(C)(C)C)c1cccc(-c2cc(COc3ccccc3CC(=O)O)cc(NCC(F)(F)F)c2)c1F. The lowest BCUT2D eigenvalue weighted by Gasteiger charge is -2.22. The maximum Gasteiger partial charge on any atom is 0.408 e. The van der Waals surface area contributed by atoms with E-state index in [2.05, 4.69) is 10.6 Å². The molecule has 3 aromatic carbocycles. The van der Waals surface area contributed by atoms with Crippen LogP contribution in [0.2, 0.25) is 0 Å². The van der Waals surface area contributed by atoms with E-state index in [1.807, 2.05) is 0 Å². The van der Waals surface area contributed by atoms with E-state index in [9.17, 15) is 22.8 Å². The second kappa shape index (κ2) is 12.9. The highest BCUT2D eigenvalue weighted by Crippen LogP contribution is 2.32. The molecule has 7 nitrogen and oxygen atoms in total. The summed E-state index contributed by atoms with van der Waals surface area (Å²) in [6.07, 6.45) is -5.49. The van der Waals surface area contributed by atoms with Gasteiger partial charge in [0.05, 0.1) is 12.5 Å². The highest BCUT2D eigenvalue weighted by atomic mass is 19.4. The number of ether oxygens (including phenoxy) is 2. The van der Waals surface area contributed by atoms with E-state index in [-0.39, 0.29) is 35.4 Å². The van der Waals surface area contributed by atoms with Crippen LogP contribution in [0.3, 0.4) is 0 Å². The van der Waals surface area contributed by atoms with Gasteiger partial charge in [-0.2, -0.15) is 13.2 Å². The molecular weight excluding hydrogens is 544 g/mol. The minimum Gasteiger partial charge on any atom is -0.489 e. The van der Waals surface area contributed by atoms with Gasteiger partial charge in [0, 0.05) is 22.4 Å². The van der Waals surface area contributed by atoms with Crippen LogP contribution in [-0.4, -0.2) is 35.5 Å². The quantitative estimate of drug-likeness (QED) is 0.220. The van der Waals surface area contributed by atoms with Gasteiger partial charge in [0.15, 0.2) is 0 Å². The van der Waals surface area contributed by atoms with Crippen LogP contribution < -0.4 is 15.4 Å². The van der Waals surface area contributed by atoms with Crippen LogP contribution in [0.15, 0.2) is 60.7 Å². The van der Waals surface area contributed by atoms with Crippen LogP contribution in [0.25, 0.3) is 11.1 Å². The molecule has 0 spiro atoms. The van der Waals surface area contributed by atoms with E-state index < -0.39 is 42.2 Å². The molecule has 0 heterocycles. The molecule has 3 aromatic rings. The van der Waals surface area contributed by atoms with E-state index in [1.54, 1.807) is 64.1 Å². The van der Waals surface area contributed by atoms with Crippen LogP contribution in [0.1, 0.15) is 50.4 Å². The number of aliphatic carboxylic acids is 1. The zero-order chi connectivity index (χ0) is 30.4. The van der Waals surface area contributed by atoms with Crippen molar-refractivity contribution in [3.8, 4) is 16.9 Å². The van der Waals surface area contributed by atoms with Gasteiger partial charge in [-0.05, 0) is 63.1 Å². The van der Waals surface area contributed by atoms with Crippen molar-refractivity contribution in [2.75, 3.05) is 11.9 Å². The first-order chi connectivity index (χ1) is 19.1. The molecule has 0 saturated carbocycles. The van der Waals surface area contributed by atoms with Gasteiger partial charge in [0.1, 0.15) is 30.3 Å². The second-order valence-electron chi connectivity index (χ2n) is 10.4. The number of rotatable bonds is 10. The maximum absolute atomic E-state index is 15.8. The number of halogens is 4. The molecule has 0 bridgehead atoms. The third kappa shape index (κ3) is 9.70. The molecule has 0 aliphatic heterocycles. The van der Waals surface area contributed by atoms with Crippen molar-refractivity contribution in [1.29, 1.82) is 0 Å². The van der Waals surface area contributed by atoms with Gasteiger partial charge in [-0.3, -0.25) is 4.79 Å². The molecule has 220 valence electrons. The first-order valence-corrected chi connectivity index (χ1v) is 12.8. The van der Waals surface area contributed by atoms with Crippen molar-refractivity contribution < 1.29 is 41.7 Å². The number of para-hydroxylation sites is 1. The number of alkyl halides is 3. The summed E-state index contributed by atoms with van der Waals surface area (Å²) in [6.45, 7) is 5.25. The summed E-state index contributed by atoms with van der Waals surface area (Å²) in [5, 5.41) is 14.1. The van der Waals surface area contributed by atoms with Crippen molar-refractivity contribution in [3.63, 3.8) is 0 Å². The standard InChI is InChI=1S/C30H32F4N2O5/c1-18(36-28(39)41-29(2,3)4)23-9-7-10-24(27(23)31)21-12-19(13-22(14-21)35-17-30(32,33)34)16-40-25-11-6-5-8-20(25)15-26(37)38/h5-14,18,35H,15-17H2,1-4H3,(H,36,39)(H,37,38). The number of hydrogen-bond acceptors (Lipinski definition) is 5. The van der Waals surface area contributed by atoms with Gasteiger partial charge < -0.3 is 25.2 Å². The lowest BCUT2D eigenvalue weighted by Crippen LogP contribution is -2.34. The fourth-order valence-corrected chi connectivity index (χ4v) is 4.02. The van der Waals surface area contributed by atoms with E-state index >= 15 is 4.39 Å². The Morgan fingerprint density at radius 3 is 2.37 bits per heavy atom. The van der Waals surface area contributed by atoms with Crippen molar-refractivity contribution in [1.82, 2.24) is 5.32 Å². The first kappa shape index (κ1) is 31.3. The molecule has 41 heavy (non-hydrogen) atoms. The number of carboxylic acid groups (broad SMARTS) is 1. The number of hydrogen-bond donors (Lipinski definition) is 3. The summed E-state index contributed by atoms with van der Waals surface area (Å²) in [6, 6.07) is 14.7. The molecule has 0 radical (unpaired) electrons. The fourth-order valence-electron chi connectivity index (χ4n) is 4.02. The van der Waals surface area contributed by atoms with Gasteiger partial charge in [0.25, 0.3) is 0 Å². The Morgan fingerprint density at radius 2 is 1.71 bits per heavy atom. The molecular formula is C30H32F4N2O5. The van der Waals surface area contributed by atoms with Gasteiger partial charge in [-0.15, -0.1) is 0 Å². The number of carbonyl (C=O) groups excluding carboxylic acids is 1. The third-order valence-corrected chi connectivity index (χ3v) is 5.73. The predicted octanol–water partition coefficient (Wildman–Crippen LogP) is 7.26. The zero-order valence-corrected chi connectivity index (χ0v) is 23.1. The molecule has 1 unspecified atom stereocenters. The molecule has 1 atom stereocenters. The Bertz CT molecular complexity index is 1390. The second-order valence-corrected chi connectivity index (χ2v) is 10.4. The summed E-state index contributed by atoms with van der Waals surface area (Å²) < 4.78 is 65.7. The van der Waals surface area contributed by atoms with Crippen LogP contribution >= 0.6 is 0 Å². The van der Waals surface area contributed by atoms with Gasteiger partial charge in [-0.1, -0.05) is 36.4 Å².